The summed E-state index contributed by atoms with van der Waals surface area (Å²) in [7, 11) is 5.25. The first-order chi connectivity index (χ1) is 16.6. The van der Waals surface area contributed by atoms with Crippen LogP contribution in [0.15, 0.2) is 42.6 Å². The first kappa shape index (κ1) is 25.4. The molecule has 1 aliphatic rings. The zero-order valence-electron chi connectivity index (χ0n) is 20.4. The normalized spacial score (nSPS) is 13.3. The molecule has 0 radical (unpaired) electrons. The summed E-state index contributed by atoms with van der Waals surface area (Å²) >= 11 is 0. The van der Waals surface area contributed by atoms with Crippen LogP contribution in [0.1, 0.15) is 29.8 Å². The number of hydrogen-bond donors (Lipinski definition) is 3. The first-order valence-corrected chi connectivity index (χ1v) is 11.0. The number of benzene rings is 2. The van der Waals surface area contributed by atoms with Gasteiger partial charge < -0.3 is 30.5 Å². The molecule has 0 spiro atoms. The third-order valence-corrected chi connectivity index (χ3v) is 5.19. The van der Waals surface area contributed by atoms with Crippen LogP contribution < -0.4 is 20.9 Å². The number of esters is 1. The Hall–Kier alpha value is -4.18. The minimum absolute atomic E-state index is 0.133. The van der Waals surface area contributed by atoms with E-state index >= 15 is 0 Å². The molecule has 0 aliphatic carbocycles. The van der Waals surface area contributed by atoms with Crippen LogP contribution in [0.2, 0.25) is 0 Å². The highest BCUT2D eigenvalue weighted by Crippen LogP contribution is 2.34. The summed E-state index contributed by atoms with van der Waals surface area (Å²) in [6, 6.07) is 10.0. The molecule has 0 saturated carbocycles. The Labute approximate surface area is 203 Å². The number of anilines is 4. The Morgan fingerprint density at radius 2 is 1.83 bits per heavy atom. The van der Waals surface area contributed by atoms with Crippen LogP contribution in [0.5, 0.6) is 0 Å². The Balaban J connectivity index is 1.86. The highest BCUT2D eigenvalue weighted by atomic mass is 16.5. The van der Waals surface area contributed by atoms with E-state index in [2.05, 4.69) is 16.0 Å². The molecule has 0 fully saturated rings. The van der Waals surface area contributed by atoms with Crippen molar-refractivity contribution >= 4 is 52.0 Å². The largest absolute Gasteiger partial charge is 0.462 e. The second-order valence-corrected chi connectivity index (χ2v) is 8.24. The van der Waals surface area contributed by atoms with E-state index < -0.39 is 5.97 Å². The summed E-state index contributed by atoms with van der Waals surface area (Å²) < 4.78 is 5.01. The molecule has 2 aromatic rings. The zero-order valence-corrected chi connectivity index (χ0v) is 20.4. The number of likely N-dealkylation sites (N-methyl/N-ethyl adjacent to an activating group) is 2. The van der Waals surface area contributed by atoms with Crippen LogP contribution in [0.4, 0.5) is 22.7 Å². The van der Waals surface area contributed by atoms with Crippen LogP contribution in [-0.4, -0.2) is 62.9 Å². The fourth-order valence-electron chi connectivity index (χ4n) is 3.55. The minimum atomic E-state index is -0.459. The molecule has 2 aromatic carbocycles. The third-order valence-electron chi connectivity index (χ3n) is 5.19. The highest BCUT2D eigenvalue weighted by Gasteiger charge is 2.25. The fraction of sp³-hybridized carbons (Fsp3) is 0.280. The number of carbonyl (C=O) groups is 4. The average Bonchev–Trinajstić information content (AvgIpc) is 3.10. The van der Waals surface area contributed by atoms with E-state index in [9.17, 15) is 19.2 Å². The van der Waals surface area contributed by atoms with E-state index in [4.69, 9.17) is 4.74 Å². The SMILES string of the molecule is CCOC(=O)c1ccc2c(c1)NC(=O)/C2=C/Nc1ccc(N(C)C(=O)CN(C)C)c(NC(C)=O)c1. The molecule has 184 valence electrons. The Kier molecular flexibility index (Phi) is 7.87. The maximum absolute atomic E-state index is 12.5. The van der Waals surface area contributed by atoms with Gasteiger partial charge in [0.1, 0.15) is 0 Å². The van der Waals surface area contributed by atoms with Crippen molar-refractivity contribution in [3.05, 3.63) is 53.7 Å². The number of nitrogens with zero attached hydrogens (tertiary/aromatic N) is 2. The third kappa shape index (κ3) is 6.04. The Morgan fingerprint density at radius 3 is 2.49 bits per heavy atom. The lowest BCUT2D eigenvalue weighted by Crippen LogP contribution is -2.35. The molecule has 3 rings (SSSR count). The van der Waals surface area contributed by atoms with E-state index in [-0.39, 0.29) is 30.9 Å². The summed E-state index contributed by atoms with van der Waals surface area (Å²) in [6.07, 6.45) is 1.55. The molecule has 10 heteroatoms. The molecular formula is C25H29N5O5. The van der Waals surface area contributed by atoms with Crippen LogP contribution in [-0.2, 0) is 19.1 Å². The summed E-state index contributed by atoms with van der Waals surface area (Å²) in [5, 5.41) is 8.58. The van der Waals surface area contributed by atoms with Gasteiger partial charge in [-0.05, 0) is 51.4 Å². The standard InChI is InChI=1S/C25H29N5O5/c1-6-35-25(34)16-7-9-18-19(24(33)28-20(18)11-16)13-26-17-8-10-22(21(12-17)27-15(2)31)30(5)23(32)14-29(3)4/h7-13,26H,6,14H2,1-5H3,(H,27,31)(H,28,33)/b19-13+. The lowest BCUT2D eigenvalue weighted by Gasteiger charge is -2.23. The number of carbonyl (C=O) groups excluding carboxylic acids is 4. The van der Waals surface area contributed by atoms with E-state index in [1.807, 2.05) is 0 Å². The molecule has 0 aromatic heterocycles. The van der Waals surface area contributed by atoms with Gasteiger partial charge in [0.15, 0.2) is 0 Å². The van der Waals surface area contributed by atoms with Crippen molar-refractivity contribution in [3.63, 3.8) is 0 Å². The van der Waals surface area contributed by atoms with Crippen molar-refractivity contribution in [1.82, 2.24) is 4.90 Å². The molecule has 35 heavy (non-hydrogen) atoms. The van der Waals surface area contributed by atoms with E-state index in [1.54, 1.807) is 75.6 Å². The van der Waals surface area contributed by atoms with Gasteiger partial charge in [-0.15, -0.1) is 0 Å². The van der Waals surface area contributed by atoms with Crippen LogP contribution in [0, 0.1) is 0 Å². The fourth-order valence-corrected chi connectivity index (χ4v) is 3.55. The quantitative estimate of drug-likeness (QED) is 0.393. The second-order valence-electron chi connectivity index (χ2n) is 8.24. The summed E-state index contributed by atoms with van der Waals surface area (Å²) in [5.74, 6) is -1.19. The number of amides is 3. The number of rotatable bonds is 8. The molecule has 1 heterocycles. The van der Waals surface area contributed by atoms with E-state index in [1.165, 1.54) is 11.8 Å². The highest BCUT2D eigenvalue weighted by molar-refractivity contribution is 6.32. The van der Waals surface area contributed by atoms with Crippen molar-refractivity contribution in [2.75, 3.05) is 55.1 Å². The topological polar surface area (TPSA) is 120 Å². The second kappa shape index (κ2) is 10.8. The van der Waals surface area contributed by atoms with Crippen molar-refractivity contribution in [2.45, 2.75) is 13.8 Å². The van der Waals surface area contributed by atoms with Gasteiger partial charge in [-0.1, -0.05) is 6.07 Å². The molecule has 0 unspecified atom stereocenters. The van der Waals surface area contributed by atoms with Gasteiger partial charge in [-0.25, -0.2) is 4.79 Å². The van der Waals surface area contributed by atoms with Gasteiger partial charge in [-0.3, -0.25) is 14.4 Å². The lowest BCUT2D eigenvalue weighted by atomic mass is 10.1. The molecule has 3 N–H and O–H groups in total. The first-order valence-electron chi connectivity index (χ1n) is 11.0. The molecular weight excluding hydrogens is 450 g/mol. The summed E-state index contributed by atoms with van der Waals surface area (Å²) in [5.41, 5.74) is 3.49. The molecule has 3 amide bonds. The van der Waals surface area contributed by atoms with Gasteiger partial charge in [0.25, 0.3) is 5.91 Å². The smallest absolute Gasteiger partial charge is 0.338 e. The van der Waals surface area contributed by atoms with Gasteiger partial charge >= 0.3 is 5.97 Å². The summed E-state index contributed by atoms with van der Waals surface area (Å²) in [6.45, 7) is 3.59. The van der Waals surface area contributed by atoms with E-state index in [0.717, 1.165) is 0 Å². The monoisotopic (exact) mass is 479 g/mol. The Bertz CT molecular complexity index is 1200. The van der Waals surface area contributed by atoms with Crippen LogP contribution in [0.25, 0.3) is 5.57 Å². The summed E-state index contributed by atoms with van der Waals surface area (Å²) in [4.78, 5) is 52.0. The number of hydrogen-bond acceptors (Lipinski definition) is 7. The van der Waals surface area contributed by atoms with Crippen molar-refractivity contribution in [3.8, 4) is 0 Å². The molecule has 1 aliphatic heterocycles. The molecule has 0 atom stereocenters. The average molecular weight is 480 g/mol. The predicted octanol–water partition coefficient (Wildman–Crippen LogP) is 2.75. The number of nitrogens with one attached hydrogen (secondary N) is 3. The molecule has 0 bridgehead atoms. The van der Waals surface area contributed by atoms with Gasteiger partial charge in [0.2, 0.25) is 11.8 Å². The van der Waals surface area contributed by atoms with Gasteiger partial charge in [0.05, 0.1) is 35.7 Å². The van der Waals surface area contributed by atoms with Crippen molar-refractivity contribution < 1.29 is 23.9 Å². The Morgan fingerprint density at radius 1 is 1.09 bits per heavy atom. The zero-order chi connectivity index (χ0) is 25.7. The van der Waals surface area contributed by atoms with Gasteiger partial charge in [0, 0.05) is 37.1 Å². The van der Waals surface area contributed by atoms with Gasteiger partial charge in [-0.2, -0.15) is 0 Å². The van der Waals surface area contributed by atoms with E-state index in [0.29, 0.717) is 39.4 Å². The lowest BCUT2D eigenvalue weighted by molar-refractivity contribution is -0.119. The predicted molar refractivity (Wildman–Crippen MR) is 135 cm³/mol. The molecule has 0 saturated heterocycles. The maximum Gasteiger partial charge on any atom is 0.338 e. The maximum atomic E-state index is 12.5. The minimum Gasteiger partial charge on any atom is -0.462 e. The molecule has 10 nitrogen and oxygen atoms in total. The number of ether oxygens (including phenoxy) is 1. The van der Waals surface area contributed by atoms with Crippen molar-refractivity contribution in [2.24, 2.45) is 0 Å². The van der Waals surface area contributed by atoms with Crippen LogP contribution in [0.3, 0.4) is 0 Å². The number of fused-ring (bicyclic) bond motifs is 1. The van der Waals surface area contributed by atoms with Crippen LogP contribution >= 0.6 is 0 Å². The van der Waals surface area contributed by atoms with Crippen molar-refractivity contribution in [1.29, 1.82) is 0 Å².